The van der Waals surface area contributed by atoms with Crippen molar-refractivity contribution in [1.29, 1.82) is 0 Å². The summed E-state index contributed by atoms with van der Waals surface area (Å²) >= 11 is 4.90. The number of carbonyl (C=O) groups is 4. The molecule has 13 heteroatoms. The number of rotatable bonds is 1. The summed E-state index contributed by atoms with van der Waals surface area (Å²) < 4.78 is 0. The number of hydrogen-bond donors (Lipinski definition) is 4. The van der Waals surface area contributed by atoms with Crippen molar-refractivity contribution in [1.82, 2.24) is 24.9 Å². The number of nitrogens with zero attached hydrogens (tertiary/aromatic N) is 4. The number of Topliss-reactive ketones (excluding diaryl/α,β-unsaturated/α-hetero) is 2. The molecular formula is C42H67ClN8O4. The third-order valence-electron chi connectivity index (χ3n) is 10.8. The fourth-order valence-electron chi connectivity index (χ4n) is 7.50. The molecule has 5 aliphatic rings. The van der Waals surface area contributed by atoms with Gasteiger partial charge in [-0.3, -0.25) is 14.4 Å². The van der Waals surface area contributed by atoms with Crippen molar-refractivity contribution >= 4 is 45.9 Å². The molecule has 306 valence electrons. The van der Waals surface area contributed by atoms with Crippen LogP contribution in [0, 0.1) is 0 Å². The number of nitrogens with one attached hydrogen (secondary N) is 3. The zero-order chi connectivity index (χ0) is 40.4. The molecular weight excluding hydrogens is 716 g/mol. The maximum absolute atomic E-state index is 12.3. The lowest BCUT2D eigenvalue weighted by Gasteiger charge is -2.43. The van der Waals surface area contributed by atoms with E-state index in [-0.39, 0.29) is 28.7 Å². The van der Waals surface area contributed by atoms with Gasteiger partial charge in [0.15, 0.2) is 11.6 Å². The van der Waals surface area contributed by atoms with Gasteiger partial charge < -0.3 is 41.3 Å². The largest absolute Gasteiger partial charge is 0.379 e. The Bertz CT molecular complexity index is 1520. The number of amides is 3. The summed E-state index contributed by atoms with van der Waals surface area (Å²) in [5.74, 6) is 0.496. The maximum atomic E-state index is 12.3. The number of likely N-dealkylation sites (tertiary alicyclic amines) is 2. The first-order valence-electron chi connectivity index (χ1n) is 20.1. The number of ketones is 2. The Morgan fingerprint density at radius 1 is 0.709 bits per heavy atom. The van der Waals surface area contributed by atoms with Crippen LogP contribution >= 0.6 is 11.6 Å². The van der Waals surface area contributed by atoms with Gasteiger partial charge in [0.1, 0.15) is 0 Å². The van der Waals surface area contributed by atoms with Gasteiger partial charge in [0.2, 0.25) is 0 Å². The fourth-order valence-corrected chi connectivity index (χ4v) is 7.50. The molecule has 0 aliphatic carbocycles. The van der Waals surface area contributed by atoms with E-state index >= 15 is 0 Å². The SMILES string of the molecule is CCN.CCN1CCCC1.CN(C)C(=O)Cl.CN(C)C(=O)N1CCC2(CCC(=O)c3ccccc3N2)CC1.O=C1CCC2(CCNCC2)Nc2ccccc21. The predicted octanol–water partition coefficient (Wildman–Crippen LogP) is 6.76. The first-order chi connectivity index (χ1) is 26.3. The third kappa shape index (κ3) is 14.1. The van der Waals surface area contributed by atoms with Crippen LogP contribution in [0.2, 0.25) is 0 Å². The number of hydrogen-bond acceptors (Lipinski definition) is 9. The monoisotopic (exact) mass is 782 g/mol. The zero-order valence-electron chi connectivity index (χ0n) is 34.2. The van der Waals surface area contributed by atoms with Crippen LogP contribution in [-0.2, 0) is 0 Å². The fraction of sp³-hybridized carbons (Fsp3) is 0.619. The molecule has 7 rings (SSSR count). The van der Waals surface area contributed by atoms with Gasteiger partial charge in [-0.15, -0.1) is 0 Å². The first-order valence-corrected chi connectivity index (χ1v) is 20.4. The van der Waals surface area contributed by atoms with Gasteiger partial charge in [-0.05, 0) is 127 Å². The number of piperidine rings is 2. The second kappa shape index (κ2) is 22.7. The minimum Gasteiger partial charge on any atom is -0.379 e. The third-order valence-corrected chi connectivity index (χ3v) is 11.2. The van der Waals surface area contributed by atoms with Crippen molar-refractivity contribution in [3.8, 4) is 0 Å². The molecule has 3 amide bonds. The number of benzene rings is 2. The smallest absolute Gasteiger partial charge is 0.319 e. The lowest BCUT2D eigenvalue weighted by Crippen LogP contribution is -2.52. The molecule has 0 saturated carbocycles. The lowest BCUT2D eigenvalue weighted by atomic mass is 9.83. The molecule has 5 N–H and O–H groups in total. The minimum atomic E-state index is -0.435. The summed E-state index contributed by atoms with van der Waals surface area (Å²) in [5.41, 5.74) is 8.54. The Morgan fingerprint density at radius 2 is 1.13 bits per heavy atom. The topological polar surface area (TPSA) is 143 Å². The molecule has 0 bridgehead atoms. The van der Waals surface area contributed by atoms with Crippen molar-refractivity contribution in [2.45, 2.75) is 89.1 Å². The summed E-state index contributed by atoms with van der Waals surface area (Å²) in [6.07, 6.45) is 9.87. The van der Waals surface area contributed by atoms with Gasteiger partial charge in [-0.1, -0.05) is 38.1 Å². The molecule has 2 aromatic rings. The quantitative estimate of drug-likeness (QED) is 0.182. The molecule has 0 aromatic heterocycles. The van der Waals surface area contributed by atoms with Crippen LogP contribution in [0.25, 0.3) is 0 Å². The second-order valence-corrected chi connectivity index (χ2v) is 15.7. The van der Waals surface area contributed by atoms with Crippen molar-refractivity contribution in [3.05, 3.63) is 59.7 Å². The maximum Gasteiger partial charge on any atom is 0.319 e. The van der Waals surface area contributed by atoms with Crippen LogP contribution < -0.4 is 21.7 Å². The zero-order valence-corrected chi connectivity index (χ0v) is 35.0. The molecule has 3 saturated heterocycles. The molecule has 5 heterocycles. The van der Waals surface area contributed by atoms with Gasteiger partial charge in [0.25, 0.3) is 0 Å². The number of anilines is 2. The average Bonchev–Trinajstić information content (AvgIpc) is 3.63. The van der Waals surface area contributed by atoms with E-state index in [4.69, 9.17) is 17.3 Å². The molecule has 0 unspecified atom stereocenters. The first kappa shape index (κ1) is 45.7. The van der Waals surface area contributed by atoms with Crippen LogP contribution in [0.4, 0.5) is 21.0 Å². The van der Waals surface area contributed by atoms with E-state index in [0.29, 0.717) is 12.8 Å². The van der Waals surface area contributed by atoms with Gasteiger partial charge >= 0.3 is 11.4 Å². The van der Waals surface area contributed by atoms with E-state index in [0.717, 1.165) is 93.8 Å². The summed E-state index contributed by atoms with van der Waals surface area (Å²) in [6.45, 7) is 12.4. The van der Waals surface area contributed by atoms with Crippen molar-refractivity contribution in [2.24, 2.45) is 5.73 Å². The lowest BCUT2D eigenvalue weighted by molar-refractivity contribution is 0.0961. The second-order valence-electron chi connectivity index (χ2n) is 15.4. The summed E-state index contributed by atoms with van der Waals surface area (Å²) in [6, 6.07) is 15.7. The molecule has 2 spiro atoms. The van der Waals surface area contributed by atoms with Gasteiger partial charge in [-0.25, -0.2) is 4.79 Å². The molecule has 12 nitrogen and oxygen atoms in total. The summed E-state index contributed by atoms with van der Waals surface area (Å²) in [5, 5.41) is 10.2. The number of halogens is 1. The van der Waals surface area contributed by atoms with Crippen molar-refractivity contribution in [2.75, 3.05) is 91.2 Å². The van der Waals surface area contributed by atoms with E-state index in [1.807, 2.05) is 60.4 Å². The van der Waals surface area contributed by atoms with Crippen molar-refractivity contribution in [3.63, 3.8) is 0 Å². The normalized spacial score (nSPS) is 19.2. The van der Waals surface area contributed by atoms with Gasteiger partial charge in [-0.2, -0.15) is 0 Å². The number of carbonyl (C=O) groups excluding carboxylic acids is 4. The number of para-hydroxylation sites is 2. The predicted molar refractivity (Wildman–Crippen MR) is 226 cm³/mol. The number of nitrogens with two attached hydrogens (primary N) is 1. The van der Waals surface area contributed by atoms with Crippen molar-refractivity contribution < 1.29 is 19.2 Å². The Hall–Kier alpha value is -3.71. The van der Waals surface area contributed by atoms with Crippen LogP contribution in [0.3, 0.4) is 0 Å². The van der Waals surface area contributed by atoms with E-state index < -0.39 is 5.37 Å². The molecule has 55 heavy (non-hydrogen) atoms. The van der Waals surface area contributed by atoms with Crippen LogP contribution in [0.15, 0.2) is 48.5 Å². The molecule has 0 atom stereocenters. The average molecular weight is 784 g/mol. The van der Waals surface area contributed by atoms with Crippen LogP contribution in [0.5, 0.6) is 0 Å². The highest BCUT2D eigenvalue weighted by Gasteiger charge is 2.39. The van der Waals surface area contributed by atoms with E-state index in [1.165, 1.54) is 37.4 Å². The Labute approximate surface area is 334 Å². The highest BCUT2D eigenvalue weighted by molar-refractivity contribution is 6.62. The van der Waals surface area contributed by atoms with E-state index in [1.54, 1.807) is 33.1 Å². The molecule has 2 aromatic carbocycles. The number of urea groups is 1. The highest BCUT2D eigenvalue weighted by atomic mass is 35.5. The van der Waals surface area contributed by atoms with Crippen LogP contribution in [-0.4, -0.2) is 134 Å². The van der Waals surface area contributed by atoms with Crippen LogP contribution in [0.1, 0.15) is 98.8 Å². The Kier molecular flexibility index (Phi) is 18.9. The van der Waals surface area contributed by atoms with E-state index in [9.17, 15) is 19.2 Å². The molecule has 3 fully saturated rings. The summed E-state index contributed by atoms with van der Waals surface area (Å²) in [7, 11) is 6.75. The highest BCUT2D eigenvalue weighted by Crippen LogP contribution is 2.37. The standard InChI is InChI=1S/C17H23N3O2.C14H18N2O.C6H13N.C3H6ClNO.C2H7N/c1-19(2)16(22)20-11-9-17(10-12-20)8-7-15(21)13-5-3-4-6-14(13)18-17;17-13-5-6-14(7-9-15-10-8-14)16-12-4-2-1-3-11(12)13;1-2-7-5-3-4-6-7;1-5(2)3(4)6;1-2-3/h3-6,18H,7-12H2,1-2H3;1-4,15-16H,5-10H2;2-6H2,1H3;1-2H3;2-3H2,1H3. The van der Waals surface area contributed by atoms with Gasteiger partial charge in [0.05, 0.1) is 0 Å². The minimum absolute atomic E-state index is 0.0641. The Balaban J connectivity index is 0.000000216. The number of fused-ring (bicyclic) bond motifs is 2. The van der Waals surface area contributed by atoms with Gasteiger partial charge in [0, 0.05) is 87.7 Å². The molecule has 5 aliphatic heterocycles. The molecule has 0 radical (unpaired) electrons. The van der Waals surface area contributed by atoms with E-state index in [2.05, 4.69) is 27.8 Å². The Morgan fingerprint density at radius 3 is 1.51 bits per heavy atom. The summed E-state index contributed by atoms with van der Waals surface area (Å²) in [4.78, 5) is 53.6.